The van der Waals surface area contributed by atoms with Gasteiger partial charge in [-0.2, -0.15) is 0 Å². The molecule has 1 saturated carbocycles. The molecule has 0 aliphatic heterocycles. The fraction of sp³-hybridized carbons (Fsp3) is 0.889. The summed E-state index contributed by atoms with van der Waals surface area (Å²) in [6.45, 7) is 2.05. The van der Waals surface area contributed by atoms with Crippen molar-refractivity contribution in [1.29, 1.82) is 0 Å². The van der Waals surface area contributed by atoms with E-state index in [1.54, 1.807) is 0 Å². The van der Waals surface area contributed by atoms with Gasteiger partial charge < -0.3 is 4.90 Å². The Morgan fingerprint density at radius 3 is 2.55 bits per heavy atom. The zero-order valence-corrected chi connectivity index (χ0v) is 7.47. The van der Waals surface area contributed by atoms with E-state index < -0.39 is 0 Å². The van der Waals surface area contributed by atoms with Crippen molar-refractivity contribution in [2.24, 2.45) is 0 Å². The summed E-state index contributed by atoms with van der Waals surface area (Å²) in [6, 6.07) is 0.564. The van der Waals surface area contributed by atoms with E-state index in [-0.39, 0.29) is 0 Å². The van der Waals surface area contributed by atoms with Crippen molar-refractivity contribution >= 4 is 5.91 Å². The third kappa shape index (κ3) is 1.95. The SMILES string of the molecule is CCCC(=O)N(C)C1CCC1. The van der Waals surface area contributed by atoms with E-state index in [2.05, 4.69) is 0 Å². The van der Waals surface area contributed by atoms with Gasteiger partial charge in [-0.05, 0) is 25.7 Å². The highest BCUT2D eigenvalue weighted by molar-refractivity contribution is 5.76. The molecule has 0 spiro atoms. The molecule has 0 unspecified atom stereocenters. The summed E-state index contributed by atoms with van der Waals surface area (Å²) in [5, 5.41) is 0. The number of nitrogens with zero attached hydrogens (tertiary/aromatic N) is 1. The van der Waals surface area contributed by atoms with Gasteiger partial charge in [0.1, 0.15) is 0 Å². The number of carbonyl (C=O) groups excluding carboxylic acids is 1. The third-order valence-electron chi connectivity index (χ3n) is 2.48. The maximum absolute atomic E-state index is 11.3. The molecule has 2 nitrogen and oxygen atoms in total. The second-order valence-corrected chi connectivity index (χ2v) is 3.34. The Hall–Kier alpha value is -0.530. The van der Waals surface area contributed by atoms with Crippen LogP contribution in [-0.2, 0) is 4.79 Å². The maximum Gasteiger partial charge on any atom is 0.222 e. The predicted octanol–water partition coefficient (Wildman–Crippen LogP) is 1.80. The van der Waals surface area contributed by atoms with Gasteiger partial charge in [-0.25, -0.2) is 0 Å². The maximum atomic E-state index is 11.3. The fourth-order valence-corrected chi connectivity index (χ4v) is 1.37. The van der Waals surface area contributed by atoms with Crippen LogP contribution in [0.15, 0.2) is 0 Å². The van der Waals surface area contributed by atoms with Crippen molar-refractivity contribution < 1.29 is 4.79 Å². The summed E-state index contributed by atoms with van der Waals surface area (Å²) in [4.78, 5) is 13.2. The number of hydrogen-bond acceptors (Lipinski definition) is 1. The molecule has 1 aliphatic rings. The van der Waals surface area contributed by atoms with Crippen LogP contribution < -0.4 is 0 Å². The molecule has 11 heavy (non-hydrogen) atoms. The van der Waals surface area contributed by atoms with E-state index in [0.29, 0.717) is 18.4 Å². The van der Waals surface area contributed by atoms with Gasteiger partial charge in [0, 0.05) is 19.5 Å². The highest BCUT2D eigenvalue weighted by Gasteiger charge is 2.24. The number of rotatable bonds is 3. The highest BCUT2D eigenvalue weighted by Crippen LogP contribution is 2.23. The standard InChI is InChI=1S/C9H17NO/c1-3-5-9(11)10(2)8-6-4-7-8/h8H,3-7H2,1-2H3. The molecule has 64 valence electrons. The third-order valence-corrected chi connectivity index (χ3v) is 2.48. The zero-order valence-electron chi connectivity index (χ0n) is 7.47. The van der Waals surface area contributed by atoms with Crippen molar-refractivity contribution in [3.63, 3.8) is 0 Å². The summed E-state index contributed by atoms with van der Waals surface area (Å²) in [6.07, 6.45) is 5.41. The predicted molar refractivity (Wildman–Crippen MR) is 45.3 cm³/mol. The van der Waals surface area contributed by atoms with Crippen LogP contribution in [0.3, 0.4) is 0 Å². The Morgan fingerprint density at radius 1 is 1.55 bits per heavy atom. The lowest BCUT2D eigenvalue weighted by Crippen LogP contribution is -2.41. The molecule has 2 heteroatoms. The topological polar surface area (TPSA) is 20.3 Å². The van der Waals surface area contributed by atoms with Gasteiger partial charge >= 0.3 is 0 Å². The minimum Gasteiger partial charge on any atom is -0.343 e. The highest BCUT2D eigenvalue weighted by atomic mass is 16.2. The average molecular weight is 155 g/mol. The lowest BCUT2D eigenvalue weighted by atomic mass is 9.91. The van der Waals surface area contributed by atoms with Crippen molar-refractivity contribution in [3.05, 3.63) is 0 Å². The minimum absolute atomic E-state index is 0.317. The minimum atomic E-state index is 0.317. The second kappa shape index (κ2) is 3.74. The van der Waals surface area contributed by atoms with Crippen LogP contribution in [0.25, 0.3) is 0 Å². The molecule has 0 radical (unpaired) electrons. The van der Waals surface area contributed by atoms with Crippen LogP contribution in [0, 0.1) is 0 Å². The van der Waals surface area contributed by atoms with E-state index in [1.165, 1.54) is 19.3 Å². The van der Waals surface area contributed by atoms with Gasteiger partial charge in [-0.3, -0.25) is 4.79 Å². The largest absolute Gasteiger partial charge is 0.343 e. The molecular formula is C9H17NO. The van der Waals surface area contributed by atoms with Gasteiger partial charge in [0.15, 0.2) is 0 Å². The first-order valence-electron chi connectivity index (χ1n) is 4.51. The number of hydrogen-bond donors (Lipinski definition) is 0. The molecular weight excluding hydrogens is 138 g/mol. The summed E-state index contributed by atoms with van der Waals surface area (Å²) in [7, 11) is 1.93. The molecule has 0 atom stereocenters. The molecule has 0 bridgehead atoms. The Labute approximate surface area is 68.6 Å². The van der Waals surface area contributed by atoms with Crippen LogP contribution in [0.2, 0.25) is 0 Å². The Bertz CT molecular complexity index is 140. The van der Waals surface area contributed by atoms with E-state index >= 15 is 0 Å². The molecule has 0 aromatic heterocycles. The van der Waals surface area contributed by atoms with Crippen LogP contribution in [0.5, 0.6) is 0 Å². The molecule has 0 aromatic carbocycles. The van der Waals surface area contributed by atoms with Crippen LogP contribution >= 0.6 is 0 Å². The molecule has 0 saturated heterocycles. The van der Waals surface area contributed by atoms with E-state index in [1.807, 2.05) is 18.9 Å². The van der Waals surface area contributed by atoms with Gasteiger partial charge in [-0.15, -0.1) is 0 Å². The van der Waals surface area contributed by atoms with E-state index in [0.717, 1.165) is 6.42 Å². The Morgan fingerprint density at radius 2 is 2.18 bits per heavy atom. The first-order chi connectivity index (χ1) is 5.25. The Balaban J connectivity index is 2.27. The molecule has 1 fully saturated rings. The molecule has 1 aliphatic carbocycles. The van der Waals surface area contributed by atoms with Gasteiger partial charge in [0.2, 0.25) is 5.91 Å². The summed E-state index contributed by atoms with van der Waals surface area (Å²) in [5.74, 6) is 0.317. The number of amides is 1. The van der Waals surface area contributed by atoms with Crippen molar-refractivity contribution in [1.82, 2.24) is 4.90 Å². The first kappa shape index (κ1) is 8.57. The summed E-state index contributed by atoms with van der Waals surface area (Å²) < 4.78 is 0. The summed E-state index contributed by atoms with van der Waals surface area (Å²) >= 11 is 0. The molecule has 0 heterocycles. The molecule has 1 amide bonds. The quantitative estimate of drug-likeness (QED) is 0.608. The number of carbonyl (C=O) groups is 1. The second-order valence-electron chi connectivity index (χ2n) is 3.34. The van der Waals surface area contributed by atoms with Gasteiger partial charge in [0.05, 0.1) is 0 Å². The Kier molecular flexibility index (Phi) is 2.92. The van der Waals surface area contributed by atoms with E-state index in [9.17, 15) is 4.79 Å². The zero-order chi connectivity index (χ0) is 8.27. The fourth-order valence-electron chi connectivity index (χ4n) is 1.37. The van der Waals surface area contributed by atoms with Crippen LogP contribution in [0.1, 0.15) is 39.0 Å². The summed E-state index contributed by atoms with van der Waals surface area (Å²) in [5.41, 5.74) is 0. The normalized spacial score (nSPS) is 17.6. The lowest BCUT2D eigenvalue weighted by molar-refractivity contribution is -0.133. The molecule has 0 aromatic rings. The molecule has 1 rings (SSSR count). The molecule has 0 N–H and O–H groups in total. The van der Waals surface area contributed by atoms with Crippen LogP contribution in [-0.4, -0.2) is 23.9 Å². The monoisotopic (exact) mass is 155 g/mol. The van der Waals surface area contributed by atoms with Crippen molar-refractivity contribution in [2.45, 2.75) is 45.1 Å². The average Bonchev–Trinajstić information content (AvgIpc) is 1.84. The van der Waals surface area contributed by atoms with Gasteiger partial charge in [-0.1, -0.05) is 6.92 Å². The first-order valence-corrected chi connectivity index (χ1v) is 4.51. The van der Waals surface area contributed by atoms with Crippen LogP contribution in [0.4, 0.5) is 0 Å². The van der Waals surface area contributed by atoms with E-state index in [4.69, 9.17) is 0 Å². The van der Waals surface area contributed by atoms with Gasteiger partial charge in [0.25, 0.3) is 0 Å². The van der Waals surface area contributed by atoms with Crippen molar-refractivity contribution in [2.75, 3.05) is 7.05 Å². The lowest BCUT2D eigenvalue weighted by Gasteiger charge is -2.34. The smallest absolute Gasteiger partial charge is 0.222 e. The van der Waals surface area contributed by atoms with Crippen molar-refractivity contribution in [3.8, 4) is 0 Å².